The zero-order valence-corrected chi connectivity index (χ0v) is 24.7. The van der Waals surface area contributed by atoms with Gasteiger partial charge < -0.3 is 14.6 Å². The largest absolute Gasteiger partial charge is 0.444 e. The summed E-state index contributed by atoms with van der Waals surface area (Å²) in [6.07, 6.45) is 0.708. The lowest BCUT2D eigenvalue weighted by Crippen LogP contribution is -2.32. The number of halogens is 3. The lowest BCUT2D eigenvalue weighted by Gasteiger charge is -2.21. The first-order chi connectivity index (χ1) is 18.5. The number of carbonyl (C=O) groups excluding carboxylic acids is 2. The van der Waals surface area contributed by atoms with Crippen molar-refractivity contribution in [1.29, 1.82) is 0 Å². The Kier molecular flexibility index (Phi) is 9.33. The monoisotopic (exact) mass is 611 g/mol. The number of sulfonamides is 1. The molecule has 3 rings (SSSR count). The molecular formula is C27H28Cl2FN3O6S. The molecule has 1 amide bonds. The van der Waals surface area contributed by atoms with Crippen molar-refractivity contribution < 1.29 is 27.1 Å². The number of alkyl carbamates (subject to hydrolysis) is 1. The number of ether oxygens (including phenoxy) is 1. The fraction of sp³-hybridized carbons (Fsp3) is 0.296. The van der Waals surface area contributed by atoms with Gasteiger partial charge in [-0.2, -0.15) is 0 Å². The molecule has 214 valence electrons. The summed E-state index contributed by atoms with van der Waals surface area (Å²) in [5.74, 6) is -1.51. The molecule has 2 aromatic carbocycles. The van der Waals surface area contributed by atoms with Gasteiger partial charge in [-0.1, -0.05) is 23.2 Å². The predicted octanol–water partition coefficient (Wildman–Crippen LogP) is 5.52. The number of hydrogen-bond donors (Lipinski definition) is 2. The van der Waals surface area contributed by atoms with Gasteiger partial charge in [0.1, 0.15) is 11.4 Å². The number of benzene rings is 2. The molecule has 0 aliphatic carbocycles. The van der Waals surface area contributed by atoms with Gasteiger partial charge in [0.15, 0.2) is 5.78 Å². The smallest absolute Gasteiger partial charge is 0.407 e. The number of anilines is 1. The third-order valence-electron chi connectivity index (χ3n) is 5.60. The third kappa shape index (κ3) is 7.61. The molecule has 13 heteroatoms. The zero-order chi connectivity index (χ0) is 30.0. The highest BCUT2D eigenvalue weighted by Gasteiger charge is 2.24. The second kappa shape index (κ2) is 12.0. The minimum Gasteiger partial charge on any atom is -0.444 e. The van der Waals surface area contributed by atoms with Gasteiger partial charge in [-0.3, -0.25) is 14.3 Å². The average Bonchev–Trinajstić information content (AvgIpc) is 2.84. The van der Waals surface area contributed by atoms with Gasteiger partial charge >= 0.3 is 6.09 Å². The number of aromatic nitrogens is 1. The first kappa shape index (κ1) is 31.1. The molecule has 40 heavy (non-hydrogen) atoms. The molecule has 1 aromatic heterocycles. The Morgan fingerprint density at radius 3 is 2.30 bits per heavy atom. The second-order valence-corrected chi connectivity index (χ2v) is 12.7. The van der Waals surface area contributed by atoms with Gasteiger partial charge in [0, 0.05) is 42.5 Å². The van der Waals surface area contributed by atoms with Crippen molar-refractivity contribution in [2.24, 2.45) is 7.05 Å². The van der Waals surface area contributed by atoms with Crippen molar-refractivity contribution in [2.75, 3.05) is 10.5 Å². The van der Waals surface area contributed by atoms with Crippen LogP contribution >= 0.6 is 23.2 Å². The van der Waals surface area contributed by atoms with Gasteiger partial charge in [-0.15, -0.1) is 0 Å². The van der Waals surface area contributed by atoms with E-state index in [1.54, 1.807) is 20.8 Å². The lowest BCUT2D eigenvalue weighted by atomic mass is 9.91. The van der Waals surface area contributed by atoms with Crippen LogP contribution in [0, 0.1) is 5.82 Å². The highest BCUT2D eigenvalue weighted by Crippen LogP contribution is 2.36. The Hall–Kier alpha value is -3.41. The van der Waals surface area contributed by atoms with Crippen LogP contribution in [0.3, 0.4) is 0 Å². The quantitative estimate of drug-likeness (QED) is 0.323. The van der Waals surface area contributed by atoms with E-state index in [0.717, 1.165) is 12.1 Å². The molecule has 0 aliphatic heterocycles. The van der Waals surface area contributed by atoms with Crippen LogP contribution in [-0.2, 0) is 28.4 Å². The van der Waals surface area contributed by atoms with Crippen molar-refractivity contribution in [1.82, 2.24) is 9.88 Å². The summed E-state index contributed by atoms with van der Waals surface area (Å²) >= 11 is 12.6. The first-order valence-corrected chi connectivity index (χ1v) is 14.4. The van der Waals surface area contributed by atoms with Crippen LogP contribution < -0.4 is 15.6 Å². The van der Waals surface area contributed by atoms with E-state index in [1.165, 1.54) is 49.0 Å². The first-order valence-electron chi connectivity index (χ1n) is 12.0. The third-order valence-corrected chi connectivity index (χ3v) is 7.52. The number of rotatable bonds is 8. The summed E-state index contributed by atoms with van der Waals surface area (Å²) in [5.41, 5.74) is -0.417. The lowest BCUT2D eigenvalue weighted by molar-refractivity contribution is 0.0523. The molecule has 3 aromatic rings. The summed E-state index contributed by atoms with van der Waals surface area (Å²) in [6.45, 7) is 6.37. The molecule has 0 saturated carbocycles. The van der Waals surface area contributed by atoms with Crippen LogP contribution in [0.2, 0.25) is 10.0 Å². The normalized spacial score (nSPS) is 11.7. The highest BCUT2D eigenvalue weighted by atomic mass is 35.5. The van der Waals surface area contributed by atoms with Crippen molar-refractivity contribution in [3.63, 3.8) is 0 Å². The Morgan fingerprint density at radius 1 is 1.02 bits per heavy atom. The molecule has 0 radical (unpaired) electrons. The molecule has 2 N–H and O–H groups in total. The van der Waals surface area contributed by atoms with Gasteiger partial charge in [0.2, 0.25) is 10.0 Å². The summed E-state index contributed by atoms with van der Waals surface area (Å²) in [4.78, 5) is 38.6. The van der Waals surface area contributed by atoms with E-state index in [4.69, 9.17) is 27.9 Å². The molecule has 0 saturated heterocycles. The van der Waals surface area contributed by atoms with E-state index in [0.29, 0.717) is 11.1 Å². The maximum absolute atomic E-state index is 13.7. The number of nitrogens with one attached hydrogen (secondary N) is 2. The highest BCUT2D eigenvalue weighted by molar-refractivity contribution is 7.92. The molecule has 0 bridgehead atoms. The van der Waals surface area contributed by atoms with Crippen LogP contribution in [-0.4, -0.2) is 36.2 Å². The van der Waals surface area contributed by atoms with Crippen LogP contribution in [0.15, 0.2) is 47.4 Å². The number of nitrogens with zero attached hydrogens (tertiary/aromatic N) is 1. The van der Waals surface area contributed by atoms with Gasteiger partial charge in [-0.05, 0) is 69.2 Å². The maximum atomic E-state index is 13.7. The summed E-state index contributed by atoms with van der Waals surface area (Å²) in [5, 5.41) is 2.36. The van der Waals surface area contributed by atoms with Gasteiger partial charge in [0.25, 0.3) is 5.56 Å². The number of pyridine rings is 1. The van der Waals surface area contributed by atoms with Crippen LogP contribution in [0.5, 0.6) is 0 Å². The number of hydrogen-bond acceptors (Lipinski definition) is 6. The topological polar surface area (TPSA) is 124 Å². The molecule has 0 atom stereocenters. The summed E-state index contributed by atoms with van der Waals surface area (Å²) in [7, 11) is -2.27. The molecule has 0 spiro atoms. The van der Waals surface area contributed by atoms with Crippen molar-refractivity contribution in [3.8, 4) is 11.1 Å². The fourth-order valence-electron chi connectivity index (χ4n) is 3.66. The molecule has 1 heterocycles. The predicted molar refractivity (Wildman–Crippen MR) is 153 cm³/mol. The van der Waals surface area contributed by atoms with E-state index in [-0.39, 0.29) is 44.7 Å². The standard InChI is InChI=1S/C27H28Cl2FN3O6S/c1-6-40(37,38)32-23-12-18(19(11-22(23)29)25(35)17-8-7-16(30)10-21(17)28)20-14-33(5)24(34)9-15(20)13-31-26(36)39-27(2,3)4/h7-12,14,32H,6,13H2,1-5H3,(H,31,36). The minimum absolute atomic E-state index is 0.00452. The summed E-state index contributed by atoms with van der Waals surface area (Å²) < 4.78 is 47.3. The number of aryl methyl sites for hydroxylation is 1. The van der Waals surface area contributed by atoms with Crippen LogP contribution in [0.4, 0.5) is 14.9 Å². The van der Waals surface area contributed by atoms with Crippen LogP contribution in [0.1, 0.15) is 49.2 Å². The zero-order valence-electron chi connectivity index (χ0n) is 22.4. The number of ketones is 1. The Bertz CT molecular complexity index is 1650. The second-order valence-electron chi connectivity index (χ2n) is 9.85. The van der Waals surface area contributed by atoms with E-state index < -0.39 is 38.9 Å². The Labute approximate surface area is 241 Å². The van der Waals surface area contributed by atoms with Crippen molar-refractivity contribution >= 4 is 50.8 Å². The van der Waals surface area contributed by atoms with E-state index >= 15 is 0 Å². The molecular weight excluding hydrogens is 584 g/mol. The Morgan fingerprint density at radius 2 is 1.70 bits per heavy atom. The van der Waals surface area contributed by atoms with E-state index in [1.807, 2.05) is 0 Å². The van der Waals surface area contributed by atoms with E-state index in [2.05, 4.69) is 10.0 Å². The number of carbonyl (C=O) groups is 2. The minimum atomic E-state index is -3.77. The fourth-order valence-corrected chi connectivity index (χ4v) is 4.83. The van der Waals surface area contributed by atoms with Gasteiger partial charge in [-0.25, -0.2) is 17.6 Å². The van der Waals surface area contributed by atoms with E-state index in [9.17, 15) is 27.2 Å². The number of amides is 1. The SMILES string of the molecule is CCS(=O)(=O)Nc1cc(-c2cn(C)c(=O)cc2CNC(=O)OC(C)(C)C)c(C(=O)c2ccc(F)cc2Cl)cc1Cl. The van der Waals surface area contributed by atoms with Crippen molar-refractivity contribution in [2.45, 2.75) is 39.8 Å². The molecule has 0 aliphatic rings. The summed E-state index contributed by atoms with van der Waals surface area (Å²) in [6, 6.07) is 7.18. The molecule has 0 fully saturated rings. The molecule has 9 nitrogen and oxygen atoms in total. The Balaban J connectivity index is 2.26. The average molecular weight is 613 g/mol. The van der Waals surface area contributed by atoms with Gasteiger partial charge in [0.05, 0.1) is 21.5 Å². The van der Waals surface area contributed by atoms with Crippen LogP contribution in [0.25, 0.3) is 11.1 Å². The maximum Gasteiger partial charge on any atom is 0.407 e. The van der Waals surface area contributed by atoms with Crippen molar-refractivity contribution in [3.05, 3.63) is 85.5 Å². The molecule has 0 unspecified atom stereocenters.